The number of likely N-dealkylation sites (tertiary alicyclic amines) is 1. The van der Waals surface area contributed by atoms with E-state index in [4.69, 9.17) is 15.5 Å². The number of amides is 1. The Bertz CT molecular complexity index is 2130. The number of benzene rings is 3. The molecule has 11 heteroatoms. The number of anilines is 1. The zero-order valence-electron chi connectivity index (χ0n) is 26.2. The Labute approximate surface area is 268 Å². The lowest BCUT2D eigenvalue weighted by Gasteiger charge is -2.27. The van der Waals surface area contributed by atoms with Gasteiger partial charge in [0.05, 0.1) is 24.6 Å². The Hall–Kier alpha value is -4.35. The quantitative estimate of drug-likeness (QED) is 0.240. The topological polar surface area (TPSA) is 124 Å². The number of nitrogens with two attached hydrogens (primary N) is 1. The zero-order valence-corrected chi connectivity index (χ0v) is 27.0. The van der Waals surface area contributed by atoms with Crippen LogP contribution in [0.1, 0.15) is 36.0 Å². The number of hydrogen-bond donors (Lipinski definition) is 2. The fourth-order valence-corrected chi connectivity index (χ4v) is 8.15. The fraction of sp³-hybridized carbons (Fsp3) is 0.371. The summed E-state index contributed by atoms with van der Waals surface area (Å²) in [5, 5.41) is 1.12. The first kappa shape index (κ1) is 29.1. The van der Waals surface area contributed by atoms with E-state index < -0.39 is 10.0 Å². The van der Waals surface area contributed by atoms with Gasteiger partial charge >= 0.3 is 0 Å². The monoisotopic (exact) mass is 638 g/mol. The molecule has 5 aromatic rings. The number of hydrogen-bond acceptors (Lipinski definition) is 6. The summed E-state index contributed by atoms with van der Waals surface area (Å²) in [5.41, 5.74) is 13.3. The highest BCUT2D eigenvalue weighted by Crippen LogP contribution is 2.41. The smallest absolute Gasteiger partial charge is 0.254 e. The van der Waals surface area contributed by atoms with Crippen molar-refractivity contribution in [2.24, 2.45) is 24.6 Å². The summed E-state index contributed by atoms with van der Waals surface area (Å²) in [6, 6.07) is 20.0. The first-order valence-corrected chi connectivity index (χ1v) is 17.8. The third-order valence-electron chi connectivity index (χ3n) is 10.1. The molecule has 3 aliphatic rings. The number of methoxy groups -OCH3 is 1. The number of piperidine rings is 1. The summed E-state index contributed by atoms with van der Waals surface area (Å²) < 4.78 is 36.1. The van der Waals surface area contributed by atoms with Crippen molar-refractivity contribution in [2.45, 2.75) is 44.3 Å². The van der Waals surface area contributed by atoms with Crippen LogP contribution in [0.5, 0.6) is 5.75 Å². The van der Waals surface area contributed by atoms with Gasteiger partial charge in [-0.25, -0.2) is 13.4 Å². The van der Waals surface area contributed by atoms with Crippen molar-refractivity contribution in [1.82, 2.24) is 19.0 Å². The van der Waals surface area contributed by atoms with E-state index in [1.807, 2.05) is 36.2 Å². The predicted octanol–water partition coefficient (Wildman–Crippen LogP) is 5.21. The molecule has 3 heterocycles. The first-order chi connectivity index (χ1) is 22.1. The molecule has 3 aromatic carbocycles. The Kier molecular flexibility index (Phi) is 6.70. The lowest BCUT2D eigenvalue weighted by molar-refractivity contribution is 0.0700. The van der Waals surface area contributed by atoms with E-state index >= 15 is 0 Å². The number of carbonyl (C=O) groups excluding carboxylic acids is 1. The van der Waals surface area contributed by atoms with Crippen molar-refractivity contribution in [2.75, 3.05) is 24.6 Å². The summed E-state index contributed by atoms with van der Waals surface area (Å²) in [5.74, 6) is 2.43. The molecule has 3 N–H and O–H groups in total. The number of aryl methyl sites for hydroxylation is 1. The van der Waals surface area contributed by atoms with Gasteiger partial charge in [-0.2, -0.15) is 0 Å². The van der Waals surface area contributed by atoms with Crippen molar-refractivity contribution in [3.05, 3.63) is 66.2 Å². The van der Waals surface area contributed by atoms with Crippen LogP contribution in [0, 0.1) is 11.8 Å². The van der Waals surface area contributed by atoms with Crippen LogP contribution in [0.15, 0.2) is 60.7 Å². The number of aromatic nitrogens is 3. The number of imidazole rings is 1. The summed E-state index contributed by atoms with van der Waals surface area (Å²) in [4.78, 5) is 20.8. The zero-order chi connectivity index (χ0) is 31.9. The van der Waals surface area contributed by atoms with E-state index in [1.165, 1.54) is 12.8 Å². The van der Waals surface area contributed by atoms with Crippen molar-refractivity contribution in [3.63, 3.8) is 0 Å². The lowest BCUT2D eigenvalue weighted by Crippen LogP contribution is -2.41. The Morgan fingerprint density at radius 2 is 1.78 bits per heavy atom. The highest BCUT2D eigenvalue weighted by Gasteiger charge is 2.47. The molecule has 0 spiro atoms. The maximum Gasteiger partial charge on any atom is 0.254 e. The second-order valence-electron chi connectivity index (χ2n) is 13.3. The second kappa shape index (κ2) is 10.6. The maximum atomic E-state index is 13.7. The molecule has 1 saturated heterocycles. The summed E-state index contributed by atoms with van der Waals surface area (Å²) in [6.07, 6.45) is 5.61. The number of fused-ring (bicyclic) bond motifs is 4. The van der Waals surface area contributed by atoms with E-state index in [0.717, 1.165) is 70.2 Å². The van der Waals surface area contributed by atoms with Gasteiger partial charge in [0.2, 0.25) is 10.0 Å². The van der Waals surface area contributed by atoms with Crippen LogP contribution >= 0.6 is 0 Å². The summed E-state index contributed by atoms with van der Waals surface area (Å²) >= 11 is 0. The second-order valence-corrected chi connectivity index (χ2v) is 15.0. The largest absolute Gasteiger partial charge is 0.494 e. The minimum absolute atomic E-state index is 0.00874. The number of nitrogens with zero attached hydrogens (tertiary/aromatic N) is 4. The van der Waals surface area contributed by atoms with Crippen LogP contribution in [0.3, 0.4) is 0 Å². The van der Waals surface area contributed by atoms with Gasteiger partial charge in [-0.05, 0) is 85.0 Å². The third-order valence-corrected chi connectivity index (χ3v) is 10.7. The van der Waals surface area contributed by atoms with Gasteiger partial charge in [-0.3, -0.25) is 9.52 Å². The molecule has 8 rings (SSSR count). The molecule has 1 amide bonds. The standard InChI is InChI=1S/C35H38N6O4S/c1-39-33-27(14-25(17-31(33)45-2)35(42)41-19-24-10-13-28(41)32(24)36)37-34(39)30-16-23-7-6-22(15-29(23)40(30)18-20-4-5-20)21-8-11-26(12-9-21)38-46(3,43)44/h6-9,11-12,14-17,20,24,28,32,38H,4-5,10,13,18-19,36H2,1-3H3/t24-,28-,32-/m1/s1. The third kappa shape index (κ3) is 4.93. The normalized spacial score (nSPS) is 21.0. The molecule has 10 nitrogen and oxygen atoms in total. The molecule has 0 radical (unpaired) electrons. The van der Waals surface area contributed by atoms with E-state index in [9.17, 15) is 13.2 Å². The van der Waals surface area contributed by atoms with E-state index in [2.05, 4.69) is 38.1 Å². The van der Waals surface area contributed by atoms with E-state index in [-0.39, 0.29) is 18.0 Å². The molecule has 0 unspecified atom stereocenters. The van der Waals surface area contributed by atoms with Crippen LogP contribution in [0.25, 0.3) is 44.6 Å². The minimum Gasteiger partial charge on any atom is -0.494 e. The van der Waals surface area contributed by atoms with Crippen LogP contribution in [-0.2, 0) is 23.6 Å². The van der Waals surface area contributed by atoms with Crippen molar-refractivity contribution in [3.8, 4) is 28.4 Å². The fourth-order valence-electron chi connectivity index (χ4n) is 7.59. The van der Waals surface area contributed by atoms with Crippen molar-refractivity contribution < 1.29 is 17.9 Å². The van der Waals surface area contributed by atoms with Crippen molar-refractivity contribution >= 4 is 43.6 Å². The number of sulfonamides is 1. The molecule has 46 heavy (non-hydrogen) atoms. The maximum absolute atomic E-state index is 13.7. The number of rotatable bonds is 8. The van der Waals surface area contributed by atoms with Crippen LogP contribution in [-0.4, -0.2) is 65.3 Å². The molecular formula is C35H38N6O4S. The van der Waals surface area contributed by atoms with Gasteiger partial charge in [0.15, 0.2) is 5.82 Å². The van der Waals surface area contributed by atoms with Gasteiger partial charge in [0.1, 0.15) is 11.3 Å². The highest BCUT2D eigenvalue weighted by molar-refractivity contribution is 7.92. The van der Waals surface area contributed by atoms with Crippen LogP contribution in [0.4, 0.5) is 5.69 Å². The SMILES string of the molecule is COc1cc(C(=O)N2C[C@H]3CC[C@@H]2[C@@H]3N)cc2nc(-c3cc4ccc(-c5ccc(NS(C)(=O)=O)cc5)cc4n3CC3CC3)n(C)c12. The van der Waals surface area contributed by atoms with Gasteiger partial charge in [0.25, 0.3) is 5.91 Å². The predicted molar refractivity (Wildman–Crippen MR) is 180 cm³/mol. The lowest BCUT2D eigenvalue weighted by atomic mass is 10.0. The molecular weight excluding hydrogens is 600 g/mol. The minimum atomic E-state index is -3.34. The summed E-state index contributed by atoms with van der Waals surface area (Å²) in [6.45, 7) is 1.60. The van der Waals surface area contributed by atoms with E-state index in [0.29, 0.717) is 35.4 Å². The number of ether oxygens (including phenoxy) is 1. The Morgan fingerprint density at radius 3 is 2.43 bits per heavy atom. The van der Waals surface area contributed by atoms with Crippen molar-refractivity contribution in [1.29, 1.82) is 0 Å². The average Bonchev–Trinajstić information content (AvgIpc) is 3.44. The van der Waals surface area contributed by atoms with Crippen LogP contribution in [0.2, 0.25) is 0 Å². The Balaban J connectivity index is 1.20. The van der Waals surface area contributed by atoms with Gasteiger partial charge in [0, 0.05) is 54.4 Å². The first-order valence-electron chi connectivity index (χ1n) is 15.9. The summed E-state index contributed by atoms with van der Waals surface area (Å²) in [7, 11) is 0.298. The highest BCUT2D eigenvalue weighted by atomic mass is 32.2. The number of nitrogens with one attached hydrogen (secondary N) is 1. The molecule has 2 saturated carbocycles. The average molecular weight is 639 g/mol. The van der Waals surface area contributed by atoms with Gasteiger partial charge < -0.3 is 24.5 Å². The Morgan fingerprint density at radius 1 is 1.02 bits per heavy atom. The van der Waals surface area contributed by atoms with Gasteiger partial charge in [-0.1, -0.05) is 24.3 Å². The molecule has 2 aliphatic carbocycles. The molecule has 2 bridgehead atoms. The van der Waals surface area contributed by atoms with Crippen LogP contribution < -0.4 is 15.2 Å². The van der Waals surface area contributed by atoms with E-state index in [1.54, 1.807) is 19.2 Å². The molecule has 2 aromatic heterocycles. The molecule has 3 atom stereocenters. The number of carbonyl (C=O) groups is 1. The molecule has 1 aliphatic heterocycles. The van der Waals surface area contributed by atoms with Gasteiger partial charge in [-0.15, -0.1) is 0 Å². The molecule has 238 valence electrons. The molecule has 3 fully saturated rings.